The van der Waals surface area contributed by atoms with Gasteiger partial charge in [0.15, 0.2) is 0 Å². The molecule has 0 aliphatic carbocycles. The third-order valence-corrected chi connectivity index (χ3v) is 1.84. The minimum Gasteiger partial charge on any atom is -0.258 e. The molecule has 5 heteroatoms. The van der Waals surface area contributed by atoms with Gasteiger partial charge in [-0.1, -0.05) is 6.08 Å². The third-order valence-electron chi connectivity index (χ3n) is 1.58. The molecule has 0 bridgehead atoms. The van der Waals surface area contributed by atoms with Crippen molar-refractivity contribution in [3.05, 3.63) is 40.2 Å². The molecule has 0 saturated carbocycles. The lowest BCUT2D eigenvalue weighted by Gasteiger charge is -1.94. The highest BCUT2D eigenvalue weighted by molar-refractivity contribution is 7.80. The van der Waals surface area contributed by atoms with Crippen LogP contribution in [0.4, 0.5) is 5.69 Å². The maximum atomic E-state index is 10.6. The van der Waals surface area contributed by atoms with E-state index >= 15 is 0 Å². The van der Waals surface area contributed by atoms with E-state index in [9.17, 15) is 10.1 Å². The SMILES string of the molecule is O=[N+]([O-])c1cccnc1C=CCCS. The molecule has 0 aliphatic heterocycles. The highest BCUT2D eigenvalue weighted by atomic mass is 32.1. The quantitative estimate of drug-likeness (QED) is 0.471. The van der Waals surface area contributed by atoms with Crippen LogP contribution in [-0.2, 0) is 0 Å². The van der Waals surface area contributed by atoms with Gasteiger partial charge in [-0.05, 0) is 24.3 Å². The van der Waals surface area contributed by atoms with Crippen LogP contribution in [0.25, 0.3) is 6.08 Å². The number of hydrogen-bond acceptors (Lipinski definition) is 4. The molecule has 0 aliphatic rings. The standard InChI is InChI=1S/C9H10N2O2S/c12-11(13)9-5-3-6-10-8(9)4-1-2-7-14/h1,3-6,14H,2,7H2. The number of rotatable bonds is 4. The Kier molecular flexibility index (Phi) is 4.12. The molecule has 0 saturated heterocycles. The topological polar surface area (TPSA) is 56.0 Å². The van der Waals surface area contributed by atoms with Crippen LogP contribution >= 0.6 is 12.6 Å². The molecule has 0 aromatic carbocycles. The van der Waals surface area contributed by atoms with Crippen molar-refractivity contribution in [1.29, 1.82) is 0 Å². The summed E-state index contributed by atoms with van der Waals surface area (Å²) in [6.45, 7) is 0. The van der Waals surface area contributed by atoms with Gasteiger partial charge in [0.2, 0.25) is 0 Å². The lowest BCUT2D eigenvalue weighted by atomic mass is 10.2. The number of nitro groups is 1. The van der Waals surface area contributed by atoms with Gasteiger partial charge < -0.3 is 0 Å². The molecule has 0 N–H and O–H groups in total. The fourth-order valence-electron chi connectivity index (χ4n) is 0.961. The molecule has 0 spiro atoms. The zero-order valence-corrected chi connectivity index (χ0v) is 8.35. The molecule has 1 aromatic rings. The molecule has 1 aromatic heterocycles. The van der Waals surface area contributed by atoms with E-state index in [2.05, 4.69) is 17.6 Å². The van der Waals surface area contributed by atoms with Gasteiger partial charge in [0.1, 0.15) is 5.69 Å². The Hall–Kier alpha value is -1.36. The summed E-state index contributed by atoms with van der Waals surface area (Å²) in [6.07, 6.45) is 5.78. The first-order valence-electron chi connectivity index (χ1n) is 4.12. The third kappa shape index (κ3) is 2.85. The van der Waals surface area contributed by atoms with Gasteiger partial charge in [-0.25, -0.2) is 4.98 Å². The first-order chi connectivity index (χ1) is 6.75. The van der Waals surface area contributed by atoms with E-state index in [1.165, 1.54) is 12.3 Å². The molecule has 0 atom stereocenters. The normalized spacial score (nSPS) is 10.6. The summed E-state index contributed by atoms with van der Waals surface area (Å²) in [5, 5.41) is 10.6. The van der Waals surface area contributed by atoms with E-state index in [1.807, 2.05) is 6.08 Å². The second kappa shape index (κ2) is 5.39. The molecule has 0 fully saturated rings. The minimum absolute atomic E-state index is 0.0305. The first kappa shape index (κ1) is 10.7. The minimum atomic E-state index is -0.437. The van der Waals surface area contributed by atoms with Crippen LogP contribution in [0.1, 0.15) is 12.1 Å². The number of thiol groups is 1. The van der Waals surface area contributed by atoms with E-state index < -0.39 is 4.92 Å². The Labute approximate surface area is 87.2 Å². The Morgan fingerprint density at radius 1 is 1.64 bits per heavy atom. The summed E-state index contributed by atoms with van der Waals surface area (Å²) in [7, 11) is 0. The fraction of sp³-hybridized carbons (Fsp3) is 0.222. The first-order valence-corrected chi connectivity index (χ1v) is 4.75. The highest BCUT2D eigenvalue weighted by Gasteiger charge is 2.10. The van der Waals surface area contributed by atoms with Crippen molar-refractivity contribution in [2.75, 3.05) is 5.75 Å². The molecule has 1 rings (SSSR count). The van der Waals surface area contributed by atoms with Crippen LogP contribution < -0.4 is 0 Å². The predicted molar refractivity (Wildman–Crippen MR) is 58.4 cm³/mol. The van der Waals surface area contributed by atoms with Crippen molar-refractivity contribution in [3.63, 3.8) is 0 Å². The van der Waals surface area contributed by atoms with Gasteiger partial charge in [0.05, 0.1) is 4.92 Å². The Bertz CT molecular complexity index is 352. The van der Waals surface area contributed by atoms with Crippen LogP contribution in [0.15, 0.2) is 24.4 Å². The maximum Gasteiger partial charge on any atom is 0.294 e. The van der Waals surface area contributed by atoms with Crippen LogP contribution in [0, 0.1) is 10.1 Å². The summed E-state index contributed by atoms with van der Waals surface area (Å²) in [5.41, 5.74) is 0.419. The van der Waals surface area contributed by atoms with Gasteiger partial charge in [0.25, 0.3) is 5.69 Å². The lowest BCUT2D eigenvalue weighted by Crippen LogP contribution is -1.93. The van der Waals surface area contributed by atoms with Gasteiger partial charge >= 0.3 is 0 Å². The molecule has 14 heavy (non-hydrogen) atoms. The van der Waals surface area contributed by atoms with Crippen LogP contribution in [0.5, 0.6) is 0 Å². The van der Waals surface area contributed by atoms with Gasteiger partial charge in [0, 0.05) is 12.3 Å². The maximum absolute atomic E-state index is 10.6. The number of allylic oxidation sites excluding steroid dienone is 1. The van der Waals surface area contributed by atoms with Crippen molar-refractivity contribution < 1.29 is 4.92 Å². The van der Waals surface area contributed by atoms with Crippen molar-refractivity contribution in [2.45, 2.75) is 6.42 Å². The number of pyridine rings is 1. The van der Waals surface area contributed by atoms with E-state index in [1.54, 1.807) is 12.1 Å². The van der Waals surface area contributed by atoms with E-state index in [0.29, 0.717) is 5.69 Å². The lowest BCUT2D eigenvalue weighted by molar-refractivity contribution is -0.385. The molecule has 74 valence electrons. The highest BCUT2D eigenvalue weighted by Crippen LogP contribution is 2.16. The molecule has 4 nitrogen and oxygen atoms in total. The van der Waals surface area contributed by atoms with Crippen molar-refractivity contribution in [2.24, 2.45) is 0 Å². The Morgan fingerprint density at radius 3 is 3.07 bits per heavy atom. The molecule has 0 radical (unpaired) electrons. The van der Waals surface area contributed by atoms with Gasteiger partial charge in [-0.2, -0.15) is 12.6 Å². The van der Waals surface area contributed by atoms with Crippen molar-refractivity contribution >= 4 is 24.4 Å². The average molecular weight is 210 g/mol. The number of aromatic nitrogens is 1. The number of hydrogen-bond donors (Lipinski definition) is 1. The van der Waals surface area contributed by atoms with E-state index in [4.69, 9.17) is 0 Å². The largest absolute Gasteiger partial charge is 0.294 e. The van der Waals surface area contributed by atoms with Crippen LogP contribution in [0.3, 0.4) is 0 Å². The second-order valence-electron chi connectivity index (χ2n) is 2.58. The van der Waals surface area contributed by atoms with Gasteiger partial charge in [-0.15, -0.1) is 0 Å². The molecule has 1 heterocycles. The number of nitrogens with zero attached hydrogens (tertiary/aromatic N) is 2. The summed E-state index contributed by atoms with van der Waals surface area (Å²) in [5.74, 6) is 0.719. The monoisotopic (exact) mass is 210 g/mol. The van der Waals surface area contributed by atoms with Crippen LogP contribution in [0.2, 0.25) is 0 Å². The smallest absolute Gasteiger partial charge is 0.258 e. The zero-order valence-electron chi connectivity index (χ0n) is 7.46. The zero-order chi connectivity index (χ0) is 10.4. The van der Waals surface area contributed by atoms with Crippen molar-refractivity contribution in [1.82, 2.24) is 4.98 Å². The molecule has 0 amide bonds. The van der Waals surface area contributed by atoms with Crippen LogP contribution in [-0.4, -0.2) is 15.7 Å². The second-order valence-corrected chi connectivity index (χ2v) is 3.03. The summed E-state index contributed by atoms with van der Waals surface area (Å²) >= 11 is 4.03. The molecular formula is C9H10N2O2S. The summed E-state index contributed by atoms with van der Waals surface area (Å²) < 4.78 is 0. The molecular weight excluding hydrogens is 200 g/mol. The average Bonchev–Trinajstić information content (AvgIpc) is 2.19. The predicted octanol–water partition coefficient (Wildman–Crippen LogP) is 2.32. The molecule has 0 unspecified atom stereocenters. The Balaban J connectivity index is 2.90. The Morgan fingerprint density at radius 2 is 2.43 bits per heavy atom. The summed E-state index contributed by atoms with van der Waals surface area (Å²) in [4.78, 5) is 14.1. The van der Waals surface area contributed by atoms with E-state index in [0.717, 1.165) is 12.2 Å². The van der Waals surface area contributed by atoms with Crippen molar-refractivity contribution in [3.8, 4) is 0 Å². The fourth-order valence-corrected chi connectivity index (χ4v) is 1.11. The summed E-state index contributed by atoms with van der Waals surface area (Å²) in [6, 6.07) is 2.99. The van der Waals surface area contributed by atoms with Gasteiger partial charge in [-0.3, -0.25) is 10.1 Å². The van der Waals surface area contributed by atoms with E-state index in [-0.39, 0.29) is 5.69 Å².